The molecule has 0 bridgehead atoms. The molecular formula is C16H10ClFN2O. The highest BCUT2D eigenvalue weighted by atomic mass is 35.5. The number of aromatic nitrogens is 1. The molecule has 0 atom stereocenters. The van der Waals surface area contributed by atoms with E-state index in [-0.39, 0.29) is 16.4 Å². The average molecular weight is 301 g/mol. The van der Waals surface area contributed by atoms with E-state index in [9.17, 15) is 9.18 Å². The van der Waals surface area contributed by atoms with Crippen molar-refractivity contribution in [1.82, 2.24) is 4.98 Å². The number of carbonyl (C=O) groups excluding carboxylic acids is 1. The minimum Gasteiger partial charge on any atom is -0.318 e. The summed E-state index contributed by atoms with van der Waals surface area (Å²) < 4.78 is 13.8. The highest BCUT2D eigenvalue weighted by molar-refractivity contribution is 6.31. The number of hydrogen-bond acceptors (Lipinski definition) is 2. The monoisotopic (exact) mass is 300 g/mol. The summed E-state index contributed by atoms with van der Waals surface area (Å²) in [5, 5.41) is 3.36. The molecule has 1 amide bonds. The van der Waals surface area contributed by atoms with E-state index in [0.717, 1.165) is 5.39 Å². The van der Waals surface area contributed by atoms with E-state index >= 15 is 0 Å². The van der Waals surface area contributed by atoms with Crippen LogP contribution in [-0.2, 0) is 0 Å². The molecule has 0 aliphatic carbocycles. The third-order valence-electron chi connectivity index (χ3n) is 3.03. The Morgan fingerprint density at radius 1 is 1.05 bits per heavy atom. The van der Waals surface area contributed by atoms with Crippen molar-refractivity contribution in [2.75, 3.05) is 5.32 Å². The van der Waals surface area contributed by atoms with Gasteiger partial charge in [-0.1, -0.05) is 41.9 Å². The summed E-state index contributed by atoms with van der Waals surface area (Å²) in [5.41, 5.74) is 0.951. The Balaban J connectivity index is 1.91. The summed E-state index contributed by atoms with van der Waals surface area (Å²) in [7, 11) is 0. The van der Waals surface area contributed by atoms with Gasteiger partial charge in [0.05, 0.1) is 16.2 Å². The molecule has 1 N–H and O–H groups in total. The van der Waals surface area contributed by atoms with Gasteiger partial charge in [0.2, 0.25) is 0 Å². The molecule has 3 nitrogen and oxygen atoms in total. The second-order valence-electron chi connectivity index (χ2n) is 4.44. The number of amides is 1. The Hall–Kier alpha value is -2.46. The predicted molar refractivity (Wildman–Crippen MR) is 81.1 cm³/mol. The quantitative estimate of drug-likeness (QED) is 0.767. The van der Waals surface area contributed by atoms with Crippen LogP contribution in [0, 0.1) is 5.82 Å². The van der Waals surface area contributed by atoms with Crippen LogP contribution in [0.2, 0.25) is 5.02 Å². The highest BCUT2D eigenvalue weighted by Gasteiger charge is 2.12. The van der Waals surface area contributed by atoms with E-state index in [4.69, 9.17) is 11.6 Å². The van der Waals surface area contributed by atoms with Crippen LogP contribution in [0.3, 0.4) is 0 Å². The van der Waals surface area contributed by atoms with Crippen molar-refractivity contribution in [1.29, 1.82) is 0 Å². The summed E-state index contributed by atoms with van der Waals surface area (Å²) in [6, 6.07) is 15.3. The Kier molecular flexibility index (Phi) is 3.54. The van der Waals surface area contributed by atoms with E-state index in [1.807, 2.05) is 24.3 Å². The second kappa shape index (κ2) is 5.50. The van der Waals surface area contributed by atoms with Crippen LogP contribution in [-0.4, -0.2) is 10.9 Å². The number of halogens is 2. The molecule has 1 aromatic heterocycles. The van der Waals surface area contributed by atoms with Crippen LogP contribution in [0.4, 0.5) is 10.1 Å². The second-order valence-corrected chi connectivity index (χ2v) is 4.85. The number of benzene rings is 2. The molecule has 5 heteroatoms. The molecule has 21 heavy (non-hydrogen) atoms. The van der Waals surface area contributed by atoms with Crippen LogP contribution >= 0.6 is 11.6 Å². The van der Waals surface area contributed by atoms with Crippen LogP contribution < -0.4 is 5.32 Å². The Labute approximate surface area is 125 Å². The first-order chi connectivity index (χ1) is 10.1. The summed E-state index contributed by atoms with van der Waals surface area (Å²) in [6.07, 6.45) is 0. The van der Waals surface area contributed by atoms with Crippen LogP contribution in [0.25, 0.3) is 10.9 Å². The molecule has 0 radical (unpaired) electrons. The van der Waals surface area contributed by atoms with E-state index in [1.54, 1.807) is 18.2 Å². The molecule has 0 saturated carbocycles. The standard InChI is InChI=1S/C16H10ClFN2O/c17-11-5-3-7-13(15(11)18)20-16(21)14-9-8-10-4-1-2-6-12(10)19-14/h1-9H,(H,20,21). The van der Waals surface area contributed by atoms with Gasteiger partial charge >= 0.3 is 0 Å². The fourth-order valence-corrected chi connectivity index (χ4v) is 2.15. The largest absolute Gasteiger partial charge is 0.318 e. The first-order valence-electron chi connectivity index (χ1n) is 6.26. The predicted octanol–water partition coefficient (Wildman–Crippen LogP) is 4.28. The molecule has 3 rings (SSSR count). The maximum absolute atomic E-state index is 13.8. The van der Waals surface area contributed by atoms with Gasteiger partial charge in [0.1, 0.15) is 5.69 Å². The van der Waals surface area contributed by atoms with E-state index < -0.39 is 11.7 Å². The van der Waals surface area contributed by atoms with Crippen molar-refractivity contribution in [2.24, 2.45) is 0 Å². The molecular weight excluding hydrogens is 291 g/mol. The van der Waals surface area contributed by atoms with Gasteiger partial charge in [-0.3, -0.25) is 4.79 Å². The molecule has 1 heterocycles. The number of hydrogen-bond donors (Lipinski definition) is 1. The lowest BCUT2D eigenvalue weighted by atomic mass is 10.2. The zero-order valence-electron chi connectivity index (χ0n) is 10.8. The minimum absolute atomic E-state index is 0.0301. The van der Waals surface area contributed by atoms with Crippen molar-refractivity contribution in [3.63, 3.8) is 0 Å². The number of anilines is 1. The van der Waals surface area contributed by atoms with Gasteiger partial charge in [0.15, 0.2) is 5.82 Å². The molecule has 0 aliphatic rings. The zero-order valence-corrected chi connectivity index (χ0v) is 11.6. The van der Waals surface area contributed by atoms with Gasteiger partial charge < -0.3 is 5.32 Å². The molecule has 0 spiro atoms. The first kappa shape index (κ1) is 13.5. The van der Waals surface area contributed by atoms with Gasteiger partial charge in [-0.15, -0.1) is 0 Å². The summed E-state index contributed by atoms with van der Waals surface area (Å²) in [5.74, 6) is -1.14. The van der Waals surface area contributed by atoms with E-state index in [1.165, 1.54) is 12.1 Å². The Morgan fingerprint density at radius 3 is 2.71 bits per heavy atom. The summed E-state index contributed by atoms with van der Waals surface area (Å²) >= 11 is 5.68. The van der Waals surface area contributed by atoms with Crippen molar-refractivity contribution >= 4 is 34.1 Å². The van der Waals surface area contributed by atoms with Crippen LogP contribution in [0.15, 0.2) is 54.6 Å². The molecule has 0 aliphatic heterocycles. The number of para-hydroxylation sites is 1. The fourth-order valence-electron chi connectivity index (χ4n) is 1.98. The lowest BCUT2D eigenvalue weighted by Crippen LogP contribution is -2.14. The van der Waals surface area contributed by atoms with Crippen molar-refractivity contribution in [3.8, 4) is 0 Å². The van der Waals surface area contributed by atoms with Crippen molar-refractivity contribution in [2.45, 2.75) is 0 Å². The lowest BCUT2D eigenvalue weighted by Gasteiger charge is -2.07. The summed E-state index contributed by atoms with van der Waals surface area (Å²) in [6.45, 7) is 0. The third-order valence-corrected chi connectivity index (χ3v) is 3.32. The SMILES string of the molecule is O=C(Nc1cccc(Cl)c1F)c1ccc2ccccc2n1. The normalized spacial score (nSPS) is 10.6. The maximum Gasteiger partial charge on any atom is 0.274 e. The molecule has 0 unspecified atom stereocenters. The number of rotatable bonds is 2. The topological polar surface area (TPSA) is 42.0 Å². The summed E-state index contributed by atoms with van der Waals surface area (Å²) in [4.78, 5) is 16.4. The number of carbonyl (C=O) groups is 1. The Morgan fingerprint density at radius 2 is 1.86 bits per heavy atom. The molecule has 2 aromatic carbocycles. The van der Waals surface area contributed by atoms with E-state index in [2.05, 4.69) is 10.3 Å². The van der Waals surface area contributed by atoms with Gasteiger partial charge in [-0.25, -0.2) is 9.37 Å². The van der Waals surface area contributed by atoms with Gasteiger partial charge in [-0.05, 0) is 24.3 Å². The van der Waals surface area contributed by atoms with Gasteiger partial charge in [0.25, 0.3) is 5.91 Å². The fraction of sp³-hybridized carbons (Fsp3) is 0. The van der Waals surface area contributed by atoms with E-state index in [0.29, 0.717) is 5.52 Å². The highest BCUT2D eigenvalue weighted by Crippen LogP contribution is 2.22. The third kappa shape index (κ3) is 2.71. The lowest BCUT2D eigenvalue weighted by molar-refractivity contribution is 0.102. The maximum atomic E-state index is 13.8. The number of nitrogens with zero attached hydrogens (tertiary/aromatic N) is 1. The van der Waals surface area contributed by atoms with Crippen molar-refractivity contribution < 1.29 is 9.18 Å². The van der Waals surface area contributed by atoms with Crippen molar-refractivity contribution in [3.05, 3.63) is 71.1 Å². The zero-order chi connectivity index (χ0) is 14.8. The first-order valence-corrected chi connectivity index (χ1v) is 6.64. The molecule has 0 saturated heterocycles. The molecule has 3 aromatic rings. The minimum atomic E-state index is -0.659. The van der Waals surface area contributed by atoms with Gasteiger partial charge in [-0.2, -0.15) is 0 Å². The number of pyridine rings is 1. The van der Waals surface area contributed by atoms with Gasteiger partial charge in [0, 0.05) is 5.39 Å². The van der Waals surface area contributed by atoms with Crippen LogP contribution in [0.5, 0.6) is 0 Å². The van der Waals surface area contributed by atoms with Crippen LogP contribution in [0.1, 0.15) is 10.5 Å². The smallest absolute Gasteiger partial charge is 0.274 e. The number of nitrogens with one attached hydrogen (secondary N) is 1. The average Bonchev–Trinajstić information content (AvgIpc) is 2.51. The Bertz CT molecular complexity index is 835. The molecule has 104 valence electrons. The molecule has 0 fully saturated rings. The number of fused-ring (bicyclic) bond motifs is 1.